The summed E-state index contributed by atoms with van der Waals surface area (Å²) in [5.74, 6) is 1.90. The summed E-state index contributed by atoms with van der Waals surface area (Å²) in [6.45, 7) is 0.387. The zero-order valence-corrected chi connectivity index (χ0v) is 18.6. The number of thiophene rings is 1. The molecule has 0 radical (unpaired) electrons. The Morgan fingerprint density at radius 3 is 2.48 bits per heavy atom. The van der Waals surface area contributed by atoms with Gasteiger partial charge in [-0.05, 0) is 30.3 Å². The molecule has 0 saturated carbocycles. The molecule has 0 fully saturated rings. The maximum absolute atomic E-state index is 12.8. The molecule has 2 aromatic heterocycles. The molecule has 1 amide bonds. The molecule has 0 unspecified atom stereocenters. The molecule has 8 heteroatoms. The molecule has 0 atom stereocenters. The second kappa shape index (κ2) is 8.69. The van der Waals surface area contributed by atoms with Crippen molar-refractivity contribution in [1.82, 2.24) is 15.1 Å². The predicted molar refractivity (Wildman–Crippen MR) is 121 cm³/mol. The van der Waals surface area contributed by atoms with Gasteiger partial charge < -0.3 is 19.5 Å². The number of ether oxygens (including phenoxy) is 3. The van der Waals surface area contributed by atoms with Crippen LogP contribution in [0.5, 0.6) is 17.2 Å². The second-order valence-corrected chi connectivity index (χ2v) is 7.90. The van der Waals surface area contributed by atoms with Gasteiger partial charge in [-0.25, -0.2) is 0 Å². The topological polar surface area (TPSA) is 74.6 Å². The molecule has 2 aromatic carbocycles. The van der Waals surface area contributed by atoms with Crippen LogP contribution in [0.25, 0.3) is 21.5 Å². The molecule has 0 spiro atoms. The van der Waals surface area contributed by atoms with Gasteiger partial charge in [-0.3, -0.25) is 9.48 Å². The smallest absolute Gasteiger partial charge is 0.261 e. The van der Waals surface area contributed by atoms with Crippen molar-refractivity contribution in [2.75, 3.05) is 21.3 Å². The molecule has 2 heterocycles. The largest absolute Gasteiger partial charge is 0.496 e. The number of amides is 1. The van der Waals surface area contributed by atoms with Gasteiger partial charge in [0.05, 0.1) is 26.2 Å². The van der Waals surface area contributed by atoms with Gasteiger partial charge in [0.25, 0.3) is 5.91 Å². The third kappa shape index (κ3) is 3.94. The van der Waals surface area contributed by atoms with Crippen molar-refractivity contribution >= 4 is 27.5 Å². The first-order chi connectivity index (χ1) is 15.0. The molecule has 4 rings (SSSR count). The Bertz CT molecular complexity index is 1250. The van der Waals surface area contributed by atoms with Gasteiger partial charge in [-0.1, -0.05) is 18.2 Å². The molecule has 160 valence electrons. The summed E-state index contributed by atoms with van der Waals surface area (Å²) in [6, 6.07) is 15.2. The zero-order valence-electron chi connectivity index (χ0n) is 17.8. The Kier molecular flexibility index (Phi) is 5.81. The summed E-state index contributed by atoms with van der Waals surface area (Å²) >= 11 is 1.41. The van der Waals surface area contributed by atoms with Gasteiger partial charge in [0.15, 0.2) is 11.5 Å². The van der Waals surface area contributed by atoms with E-state index in [1.165, 1.54) is 11.3 Å². The predicted octanol–water partition coefficient (Wildman–Crippen LogP) is 4.26. The van der Waals surface area contributed by atoms with E-state index in [1.807, 2.05) is 55.6 Å². The Morgan fingerprint density at radius 2 is 1.74 bits per heavy atom. The van der Waals surface area contributed by atoms with Gasteiger partial charge in [-0.15, -0.1) is 11.3 Å². The van der Waals surface area contributed by atoms with E-state index in [1.54, 1.807) is 26.0 Å². The minimum absolute atomic E-state index is 0.134. The number of hydrogen-bond donors (Lipinski definition) is 1. The lowest BCUT2D eigenvalue weighted by Crippen LogP contribution is -2.22. The number of carbonyl (C=O) groups is 1. The molecule has 4 aromatic rings. The molecule has 0 aliphatic heterocycles. The molecule has 31 heavy (non-hydrogen) atoms. The van der Waals surface area contributed by atoms with Crippen molar-refractivity contribution in [3.63, 3.8) is 0 Å². The van der Waals surface area contributed by atoms with Crippen LogP contribution in [0.2, 0.25) is 0 Å². The average Bonchev–Trinajstić information content (AvgIpc) is 3.37. The highest BCUT2D eigenvalue weighted by Gasteiger charge is 2.19. The van der Waals surface area contributed by atoms with Crippen LogP contribution in [0.15, 0.2) is 48.5 Å². The quantitative estimate of drug-likeness (QED) is 0.468. The summed E-state index contributed by atoms with van der Waals surface area (Å²) in [4.78, 5) is 14.4. The molecule has 7 nitrogen and oxygen atoms in total. The maximum atomic E-state index is 12.8. The molecular weight excluding hydrogens is 414 g/mol. The number of nitrogens with one attached hydrogen (secondary N) is 1. The van der Waals surface area contributed by atoms with E-state index in [9.17, 15) is 4.79 Å². The van der Waals surface area contributed by atoms with Crippen LogP contribution in [0, 0.1) is 0 Å². The minimum atomic E-state index is -0.134. The first-order valence-electron chi connectivity index (χ1n) is 9.64. The van der Waals surface area contributed by atoms with E-state index in [0.717, 1.165) is 32.8 Å². The monoisotopic (exact) mass is 437 g/mol. The highest BCUT2D eigenvalue weighted by Crippen LogP contribution is 2.37. The fourth-order valence-corrected chi connectivity index (χ4v) is 4.45. The van der Waals surface area contributed by atoms with Gasteiger partial charge in [-0.2, -0.15) is 5.10 Å². The fraction of sp³-hybridized carbons (Fsp3) is 0.217. The highest BCUT2D eigenvalue weighted by atomic mass is 32.1. The fourth-order valence-electron chi connectivity index (χ4n) is 3.46. The summed E-state index contributed by atoms with van der Waals surface area (Å²) < 4.78 is 17.9. The van der Waals surface area contributed by atoms with Crippen LogP contribution in [0.4, 0.5) is 0 Å². The molecule has 0 aliphatic carbocycles. The number of methoxy groups -OCH3 is 3. The number of benzene rings is 2. The molecule has 0 saturated heterocycles. The first kappa shape index (κ1) is 20.7. The van der Waals surface area contributed by atoms with Gasteiger partial charge in [0.2, 0.25) is 0 Å². The lowest BCUT2D eigenvalue weighted by atomic mass is 10.1. The number of aromatic nitrogens is 2. The summed E-state index contributed by atoms with van der Waals surface area (Å²) in [7, 11) is 6.70. The van der Waals surface area contributed by atoms with Crippen molar-refractivity contribution in [1.29, 1.82) is 0 Å². The summed E-state index contributed by atoms with van der Waals surface area (Å²) in [5, 5.41) is 8.55. The number of aryl methyl sites for hydroxylation is 1. The van der Waals surface area contributed by atoms with Crippen molar-refractivity contribution in [2.45, 2.75) is 6.54 Å². The number of carbonyl (C=O) groups excluding carboxylic acids is 1. The maximum Gasteiger partial charge on any atom is 0.261 e. The zero-order chi connectivity index (χ0) is 22.0. The van der Waals surface area contributed by atoms with E-state index in [2.05, 4.69) is 10.4 Å². The van der Waals surface area contributed by atoms with Crippen LogP contribution in [-0.4, -0.2) is 37.0 Å². The number of rotatable bonds is 7. The number of hydrogen-bond acceptors (Lipinski definition) is 6. The lowest BCUT2D eigenvalue weighted by Gasteiger charge is -2.09. The van der Waals surface area contributed by atoms with Crippen LogP contribution in [-0.2, 0) is 13.6 Å². The van der Waals surface area contributed by atoms with Crippen LogP contribution in [0.1, 0.15) is 15.2 Å². The normalized spacial score (nSPS) is 10.8. The highest BCUT2D eigenvalue weighted by molar-refractivity contribution is 7.20. The van der Waals surface area contributed by atoms with Gasteiger partial charge in [0, 0.05) is 30.1 Å². The lowest BCUT2D eigenvalue weighted by molar-refractivity contribution is 0.0955. The Morgan fingerprint density at radius 1 is 1.00 bits per heavy atom. The molecule has 0 aliphatic rings. The average molecular weight is 438 g/mol. The Hall–Kier alpha value is -3.52. The van der Waals surface area contributed by atoms with Gasteiger partial charge in [0.1, 0.15) is 16.3 Å². The SMILES string of the molecule is COc1ccccc1CNC(=O)c1cc2c(-c3ccc(OC)c(OC)c3)nn(C)c2s1. The molecular formula is C23H23N3O4S. The second-order valence-electron chi connectivity index (χ2n) is 6.87. The van der Waals surface area contributed by atoms with Crippen molar-refractivity contribution in [3.05, 3.63) is 59.0 Å². The van der Waals surface area contributed by atoms with E-state index >= 15 is 0 Å². The standard InChI is InChI=1S/C23H23N3O4S/c1-26-23-16(21(25-26)14-9-10-18(29-3)19(11-14)30-4)12-20(31-23)22(27)24-13-15-7-5-6-8-17(15)28-2/h5-12H,13H2,1-4H3,(H,24,27). The third-order valence-corrected chi connectivity index (χ3v) is 6.22. The van der Waals surface area contributed by atoms with Crippen molar-refractivity contribution in [3.8, 4) is 28.5 Å². The van der Waals surface area contributed by atoms with E-state index in [4.69, 9.17) is 14.2 Å². The minimum Gasteiger partial charge on any atom is -0.496 e. The molecule has 0 bridgehead atoms. The Balaban J connectivity index is 1.62. The number of fused-ring (bicyclic) bond motifs is 1. The van der Waals surface area contributed by atoms with Crippen LogP contribution >= 0.6 is 11.3 Å². The van der Waals surface area contributed by atoms with Crippen molar-refractivity contribution < 1.29 is 19.0 Å². The summed E-state index contributed by atoms with van der Waals surface area (Å²) in [5.41, 5.74) is 2.60. The van der Waals surface area contributed by atoms with Crippen LogP contribution < -0.4 is 19.5 Å². The van der Waals surface area contributed by atoms with Gasteiger partial charge >= 0.3 is 0 Å². The first-order valence-corrected chi connectivity index (χ1v) is 10.5. The number of para-hydroxylation sites is 1. The summed E-state index contributed by atoms with van der Waals surface area (Å²) in [6.07, 6.45) is 0. The van der Waals surface area contributed by atoms with Crippen molar-refractivity contribution in [2.24, 2.45) is 7.05 Å². The third-order valence-electron chi connectivity index (χ3n) is 5.02. The Labute approximate surface area is 184 Å². The molecule has 1 N–H and O–H groups in total. The van der Waals surface area contributed by atoms with E-state index in [-0.39, 0.29) is 5.91 Å². The number of nitrogens with zero attached hydrogens (tertiary/aromatic N) is 2. The van der Waals surface area contributed by atoms with E-state index in [0.29, 0.717) is 22.9 Å². The van der Waals surface area contributed by atoms with Crippen LogP contribution in [0.3, 0.4) is 0 Å². The van der Waals surface area contributed by atoms with E-state index < -0.39 is 0 Å².